The molecule has 2 aromatic heterocycles. The highest BCUT2D eigenvalue weighted by Gasteiger charge is 2.12. The topological polar surface area (TPSA) is 76.0 Å². The summed E-state index contributed by atoms with van der Waals surface area (Å²) in [5, 5.41) is 9.36. The van der Waals surface area contributed by atoms with Crippen LogP contribution in [0.4, 0.5) is 5.13 Å². The number of aryl methyl sites for hydroxylation is 2. The first-order valence-electron chi connectivity index (χ1n) is 10.3. The number of anilines is 1. The Labute approximate surface area is 195 Å². The highest BCUT2D eigenvalue weighted by Crippen LogP contribution is 2.30. The van der Waals surface area contributed by atoms with Crippen LogP contribution in [-0.2, 0) is 11.3 Å². The van der Waals surface area contributed by atoms with E-state index in [1.807, 2.05) is 43.5 Å². The number of rotatable bonds is 8. The van der Waals surface area contributed by atoms with Crippen LogP contribution in [-0.4, -0.2) is 33.7 Å². The summed E-state index contributed by atoms with van der Waals surface area (Å²) in [5.74, 6) is 0.154. The molecule has 32 heavy (non-hydrogen) atoms. The van der Waals surface area contributed by atoms with Gasteiger partial charge in [0.1, 0.15) is 0 Å². The van der Waals surface area contributed by atoms with Gasteiger partial charge >= 0.3 is 0 Å². The van der Waals surface area contributed by atoms with Crippen LogP contribution >= 0.6 is 23.1 Å². The highest BCUT2D eigenvalue weighted by molar-refractivity contribution is 8.00. The number of benzene rings is 2. The number of nitrogens with one attached hydrogen (secondary N) is 2. The van der Waals surface area contributed by atoms with Crippen molar-refractivity contribution in [3.63, 3.8) is 0 Å². The Morgan fingerprint density at radius 2 is 1.91 bits per heavy atom. The number of carbonyl (C=O) groups is 2. The first-order chi connectivity index (χ1) is 15.5. The minimum atomic E-state index is -0.0810. The van der Waals surface area contributed by atoms with E-state index in [-0.39, 0.29) is 11.8 Å². The van der Waals surface area contributed by atoms with Gasteiger partial charge in [0.2, 0.25) is 5.91 Å². The average molecular weight is 465 g/mol. The van der Waals surface area contributed by atoms with Crippen molar-refractivity contribution in [2.75, 3.05) is 17.6 Å². The zero-order valence-electron chi connectivity index (χ0n) is 17.9. The molecule has 0 aliphatic heterocycles. The van der Waals surface area contributed by atoms with E-state index in [0.29, 0.717) is 29.5 Å². The lowest BCUT2D eigenvalue weighted by molar-refractivity contribution is -0.113. The number of nitrogens with zero attached hydrogens (tertiary/aromatic N) is 2. The number of aromatic nitrogens is 2. The Bertz CT molecular complexity index is 1230. The van der Waals surface area contributed by atoms with Gasteiger partial charge in [-0.3, -0.25) is 9.59 Å². The maximum atomic E-state index is 12.5. The van der Waals surface area contributed by atoms with Crippen molar-refractivity contribution < 1.29 is 9.59 Å². The smallest absolute Gasteiger partial charge is 0.251 e. The number of carbonyl (C=O) groups excluding carboxylic acids is 2. The van der Waals surface area contributed by atoms with Crippen LogP contribution in [0.2, 0.25) is 0 Å². The van der Waals surface area contributed by atoms with Gasteiger partial charge in [-0.15, -0.1) is 23.1 Å². The third kappa shape index (κ3) is 5.38. The molecule has 0 aliphatic rings. The van der Waals surface area contributed by atoms with Crippen LogP contribution in [0.15, 0.2) is 65.1 Å². The number of thiazole rings is 1. The molecule has 0 saturated heterocycles. The summed E-state index contributed by atoms with van der Waals surface area (Å²) < 4.78 is 2.12. The largest absolute Gasteiger partial charge is 0.350 e. The molecule has 2 heterocycles. The average Bonchev–Trinajstić information content (AvgIpc) is 3.39. The minimum Gasteiger partial charge on any atom is -0.350 e. The number of hydrogen-bond acceptors (Lipinski definition) is 5. The second kappa shape index (κ2) is 10.0. The Morgan fingerprint density at radius 1 is 1.12 bits per heavy atom. The maximum absolute atomic E-state index is 12.5. The van der Waals surface area contributed by atoms with Crippen molar-refractivity contribution in [3.8, 4) is 0 Å². The monoisotopic (exact) mass is 464 g/mol. The van der Waals surface area contributed by atoms with Crippen molar-refractivity contribution in [3.05, 3.63) is 76.9 Å². The van der Waals surface area contributed by atoms with E-state index >= 15 is 0 Å². The molecule has 0 fully saturated rings. The third-order valence-electron chi connectivity index (χ3n) is 4.91. The molecule has 4 rings (SSSR count). The van der Waals surface area contributed by atoms with Gasteiger partial charge in [-0.2, -0.15) is 0 Å². The first kappa shape index (κ1) is 22.1. The molecule has 0 radical (unpaired) electrons. The number of fused-ring (bicyclic) bond motifs is 1. The van der Waals surface area contributed by atoms with Crippen molar-refractivity contribution in [1.82, 2.24) is 14.9 Å². The van der Waals surface area contributed by atoms with Crippen LogP contribution in [0.5, 0.6) is 0 Å². The lowest BCUT2D eigenvalue weighted by Crippen LogP contribution is -2.27. The molecule has 0 unspecified atom stereocenters. The fraction of sp³-hybridized carbons (Fsp3) is 0.208. The number of para-hydroxylation sites is 1. The summed E-state index contributed by atoms with van der Waals surface area (Å²) in [6.45, 7) is 5.14. The summed E-state index contributed by atoms with van der Waals surface area (Å²) >= 11 is 2.90. The molecule has 0 spiro atoms. The summed E-state index contributed by atoms with van der Waals surface area (Å²) in [4.78, 5) is 29.9. The van der Waals surface area contributed by atoms with E-state index in [4.69, 9.17) is 0 Å². The molecule has 4 aromatic rings. The fourth-order valence-corrected chi connectivity index (χ4v) is 5.03. The number of amides is 2. The van der Waals surface area contributed by atoms with E-state index in [1.54, 1.807) is 6.20 Å². The molecule has 0 atom stereocenters. The lowest BCUT2D eigenvalue weighted by atomic mass is 10.1. The van der Waals surface area contributed by atoms with Gasteiger partial charge in [0.15, 0.2) is 5.13 Å². The van der Waals surface area contributed by atoms with Crippen molar-refractivity contribution >= 4 is 50.9 Å². The van der Waals surface area contributed by atoms with Gasteiger partial charge in [-0.05, 0) is 32.0 Å². The van der Waals surface area contributed by atoms with Gasteiger partial charge in [-0.1, -0.05) is 35.4 Å². The molecule has 2 amide bonds. The summed E-state index contributed by atoms with van der Waals surface area (Å²) in [6, 6.07) is 14.0. The van der Waals surface area contributed by atoms with Crippen LogP contribution in [0, 0.1) is 13.8 Å². The standard InChI is InChI=1S/C24H24N4O2S2/c1-16-11-17(2)13-18(12-16)23(30)25-7-9-28-14-21(19-5-3-4-6-20(19)28)32-15-22(29)27-24-26-8-10-31-24/h3-6,8,10-14H,7,9,15H2,1-2H3,(H,25,30)(H,26,27,29). The van der Waals surface area contributed by atoms with Gasteiger partial charge in [0, 0.05) is 52.2 Å². The number of thioether (sulfide) groups is 1. The van der Waals surface area contributed by atoms with Gasteiger partial charge in [0.25, 0.3) is 5.91 Å². The minimum absolute atomic E-state index is 0.0679. The Kier molecular flexibility index (Phi) is 6.92. The first-order valence-corrected chi connectivity index (χ1v) is 12.1. The maximum Gasteiger partial charge on any atom is 0.251 e. The van der Waals surface area contributed by atoms with Crippen LogP contribution in [0.1, 0.15) is 21.5 Å². The molecule has 164 valence electrons. The number of hydrogen-bond donors (Lipinski definition) is 2. The Balaban J connectivity index is 1.39. The zero-order valence-corrected chi connectivity index (χ0v) is 19.6. The molecule has 6 nitrogen and oxygen atoms in total. The summed E-state index contributed by atoms with van der Waals surface area (Å²) in [7, 11) is 0. The van der Waals surface area contributed by atoms with E-state index in [1.165, 1.54) is 23.1 Å². The van der Waals surface area contributed by atoms with Crippen molar-refractivity contribution in [2.45, 2.75) is 25.3 Å². The van der Waals surface area contributed by atoms with E-state index < -0.39 is 0 Å². The molecule has 0 aliphatic carbocycles. The molecular weight excluding hydrogens is 440 g/mol. The predicted octanol–water partition coefficient (Wildman–Crippen LogP) is 4.88. The summed E-state index contributed by atoms with van der Waals surface area (Å²) in [6.07, 6.45) is 3.72. The SMILES string of the molecule is Cc1cc(C)cc(C(=O)NCCn2cc(SCC(=O)Nc3nccs3)c3ccccc32)c1. The molecule has 0 bridgehead atoms. The predicted molar refractivity (Wildman–Crippen MR) is 132 cm³/mol. The Hall–Kier alpha value is -3.10. The second-order valence-corrected chi connectivity index (χ2v) is 9.42. The van der Waals surface area contributed by atoms with Gasteiger partial charge in [0.05, 0.1) is 5.75 Å². The quantitative estimate of drug-likeness (QED) is 0.365. The van der Waals surface area contributed by atoms with Crippen LogP contribution < -0.4 is 10.6 Å². The third-order valence-corrected chi connectivity index (χ3v) is 6.64. The normalized spacial score (nSPS) is 10.9. The van der Waals surface area contributed by atoms with Crippen molar-refractivity contribution in [2.24, 2.45) is 0 Å². The fourth-order valence-electron chi connectivity index (χ4n) is 3.59. The molecule has 0 saturated carbocycles. The van der Waals surface area contributed by atoms with Crippen molar-refractivity contribution in [1.29, 1.82) is 0 Å². The zero-order chi connectivity index (χ0) is 22.5. The lowest BCUT2D eigenvalue weighted by Gasteiger charge is -2.09. The van der Waals surface area contributed by atoms with E-state index in [9.17, 15) is 9.59 Å². The van der Waals surface area contributed by atoms with Gasteiger partial charge in [-0.25, -0.2) is 4.98 Å². The van der Waals surface area contributed by atoms with Crippen LogP contribution in [0.3, 0.4) is 0 Å². The molecule has 8 heteroatoms. The van der Waals surface area contributed by atoms with E-state index in [0.717, 1.165) is 26.9 Å². The second-order valence-electron chi connectivity index (χ2n) is 7.51. The van der Waals surface area contributed by atoms with E-state index in [2.05, 4.69) is 44.6 Å². The van der Waals surface area contributed by atoms with Crippen LogP contribution in [0.25, 0.3) is 10.9 Å². The Morgan fingerprint density at radius 3 is 2.66 bits per heavy atom. The summed E-state index contributed by atoms with van der Waals surface area (Å²) in [5.41, 5.74) is 3.91. The molecular formula is C24H24N4O2S2. The molecule has 2 aromatic carbocycles. The molecule has 2 N–H and O–H groups in total. The highest BCUT2D eigenvalue weighted by atomic mass is 32.2. The van der Waals surface area contributed by atoms with Gasteiger partial charge < -0.3 is 15.2 Å².